The van der Waals surface area contributed by atoms with E-state index in [1.165, 1.54) is 32.1 Å². The van der Waals surface area contributed by atoms with Gasteiger partial charge in [0.25, 0.3) is 0 Å². The third-order valence-corrected chi connectivity index (χ3v) is 3.94. The summed E-state index contributed by atoms with van der Waals surface area (Å²) in [7, 11) is 0. The first-order valence-electron chi connectivity index (χ1n) is 6.05. The molecule has 1 rings (SSSR count). The van der Waals surface area contributed by atoms with E-state index in [2.05, 4.69) is 34.6 Å². The van der Waals surface area contributed by atoms with Crippen LogP contribution in [0, 0.1) is 5.41 Å². The zero-order chi connectivity index (χ0) is 10.8. The van der Waals surface area contributed by atoms with Crippen LogP contribution >= 0.6 is 0 Å². The molecule has 0 aliphatic heterocycles. The predicted molar refractivity (Wildman–Crippen MR) is 61.5 cm³/mol. The summed E-state index contributed by atoms with van der Waals surface area (Å²) in [5.74, 6) is 0. The lowest BCUT2D eigenvalue weighted by Crippen LogP contribution is -2.46. The Morgan fingerprint density at radius 2 is 1.57 bits per heavy atom. The van der Waals surface area contributed by atoms with Crippen molar-refractivity contribution >= 4 is 0 Å². The summed E-state index contributed by atoms with van der Waals surface area (Å²) < 4.78 is 6.08. The molecule has 1 nitrogen and oxygen atoms in total. The fraction of sp³-hybridized carbons (Fsp3) is 1.00. The van der Waals surface area contributed by atoms with E-state index in [0.29, 0.717) is 11.5 Å². The van der Waals surface area contributed by atoms with Crippen molar-refractivity contribution in [3.63, 3.8) is 0 Å². The number of hydrogen-bond acceptors (Lipinski definition) is 1. The van der Waals surface area contributed by atoms with Gasteiger partial charge in [-0.3, -0.25) is 0 Å². The fourth-order valence-corrected chi connectivity index (χ4v) is 2.67. The largest absolute Gasteiger partial charge is 0.372 e. The molecule has 0 aromatic heterocycles. The Balaban J connectivity index is 2.67. The standard InChI is InChI=1S/C13H26O/c1-11(2)14-12(3,4)13(5)9-7-6-8-10-13/h11H,6-10H2,1-5H3. The molecule has 0 aromatic carbocycles. The molecule has 0 N–H and O–H groups in total. The van der Waals surface area contributed by atoms with Crippen molar-refractivity contribution in [1.29, 1.82) is 0 Å². The maximum atomic E-state index is 6.08. The van der Waals surface area contributed by atoms with Crippen LogP contribution in [0.4, 0.5) is 0 Å². The van der Waals surface area contributed by atoms with E-state index in [-0.39, 0.29) is 5.60 Å². The molecular formula is C13H26O. The molecule has 0 unspecified atom stereocenters. The molecule has 0 bridgehead atoms. The van der Waals surface area contributed by atoms with Crippen molar-refractivity contribution in [3.05, 3.63) is 0 Å². The third kappa shape index (κ3) is 2.50. The molecule has 1 heteroatoms. The third-order valence-electron chi connectivity index (χ3n) is 3.94. The second-order valence-electron chi connectivity index (χ2n) is 5.80. The van der Waals surface area contributed by atoms with Gasteiger partial charge >= 0.3 is 0 Å². The van der Waals surface area contributed by atoms with Crippen molar-refractivity contribution in [2.24, 2.45) is 5.41 Å². The summed E-state index contributed by atoms with van der Waals surface area (Å²) >= 11 is 0. The predicted octanol–water partition coefficient (Wildman–Crippen LogP) is 4.16. The fourth-order valence-electron chi connectivity index (χ4n) is 2.67. The Kier molecular flexibility index (Phi) is 3.63. The Bertz CT molecular complexity index is 176. The smallest absolute Gasteiger partial charge is 0.0683 e. The maximum absolute atomic E-state index is 6.08. The SMILES string of the molecule is CC(C)OC(C)(C)C1(C)CCCCC1. The number of ether oxygens (including phenoxy) is 1. The van der Waals surface area contributed by atoms with Crippen molar-refractivity contribution in [2.75, 3.05) is 0 Å². The van der Waals surface area contributed by atoms with Crippen LogP contribution in [0.2, 0.25) is 0 Å². The summed E-state index contributed by atoms with van der Waals surface area (Å²) in [6, 6.07) is 0. The molecule has 1 fully saturated rings. The monoisotopic (exact) mass is 198 g/mol. The molecule has 0 amide bonds. The van der Waals surface area contributed by atoms with Crippen LogP contribution in [0.3, 0.4) is 0 Å². The second kappa shape index (κ2) is 4.22. The highest BCUT2D eigenvalue weighted by Gasteiger charge is 2.42. The van der Waals surface area contributed by atoms with Crippen LogP contribution in [0.5, 0.6) is 0 Å². The summed E-state index contributed by atoms with van der Waals surface area (Å²) in [5, 5.41) is 0. The first-order chi connectivity index (χ1) is 6.37. The Morgan fingerprint density at radius 3 is 2.00 bits per heavy atom. The highest BCUT2D eigenvalue weighted by atomic mass is 16.5. The topological polar surface area (TPSA) is 9.23 Å². The Labute approximate surface area is 89.2 Å². The quantitative estimate of drug-likeness (QED) is 0.661. The molecule has 84 valence electrons. The maximum Gasteiger partial charge on any atom is 0.0683 e. The molecule has 0 radical (unpaired) electrons. The Hall–Kier alpha value is -0.0400. The lowest BCUT2D eigenvalue weighted by atomic mass is 9.66. The van der Waals surface area contributed by atoms with Gasteiger partial charge < -0.3 is 4.74 Å². The van der Waals surface area contributed by atoms with E-state index < -0.39 is 0 Å². The van der Waals surface area contributed by atoms with Crippen molar-refractivity contribution in [2.45, 2.75) is 78.4 Å². The van der Waals surface area contributed by atoms with Gasteiger partial charge in [0.1, 0.15) is 0 Å². The first kappa shape index (κ1) is 12.0. The van der Waals surface area contributed by atoms with E-state index in [1.807, 2.05) is 0 Å². The van der Waals surface area contributed by atoms with E-state index >= 15 is 0 Å². The lowest BCUT2D eigenvalue weighted by Gasteiger charge is -2.47. The van der Waals surface area contributed by atoms with Gasteiger partial charge in [0.2, 0.25) is 0 Å². The van der Waals surface area contributed by atoms with E-state index in [1.54, 1.807) is 0 Å². The van der Waals surface area contributed by atoms with Gasteiger partial charge in [0.15, 0.2) is 0 Å². The van der Waals surface area contributed by atoms with E-state index in [4.69, 9.17) is 4.74 Å². The van der Waals surface area contributed by atoms with Crippen LogP contribution in [0.1, 0.15) is 66.7 Å². The molecular weight excluding hydrogens is 172 g/mol. The molecule has 0 saturated heterocycles. The molecule has 1 aliphatic carbocycles. The van der Waals surface area contributed by atoms with Crippen molar-refractivity contribution in [1.82, 2.24) is 0 Å². The normalized spacial score (nSPS) is 22.7. The van der Waals surface area contributed by atoms with Gasteiger partial charge in [0, 0.05) is 0 Å². The zero-order valence-corrected chi connectivity index (χ0v) is 10.5. The molecule has 1 aliphatic rings. The molecule has 14 heavy (non-hydrogen) atoms. The zero-order valence-electron chi connectivity index (χ0n) is 10.5. The molecule has 0 aromatic rings. The summed E-state index contributed by atoms with van der Waals surface area (Å²) in [6.07, 6.45) is 7.15. The minimum atomic E-state index is 0.0294. The minimum absolute atomic E-state index is 0.0294. The highest BCUT2D eigenvalue weighted by Crippen LogP contribution is 2.46. The highest BCUT2D eigenvalue weighted by molar-refractivity contribution is 4.93. The van der Waals surface area contributed by atoms with Crippen molar-refractivity contribution < 1.29 is 4.74 Å². The molecule has 0 atom stereocenters. The van der Waals surface area contributed by atoms with Crippen molar-refractivity contribution in [3.8, 4) is 0 Å². The number of rotatable bonds is 3. The Morgan fingerprint density at radius 1 is 1.07 bits per heavy atom. The summed E-state index contributed by atoms with van der Waals surface area (Å²) in [4.78, 5) is 0. The average molecular weight is 198 g/mol. The van der Waals surface area contributed by atoms with Gasteiger partial charge in [-0.15, -0.1) is 0 Å². The van der Waals surface area contributed by atoms with Crippen LogP contribution in [0.25, 0.3) is 0 Å². The molecule has 0 heterocycles. The van der Waals surface area contributed by atoms with Gasteiger partial charge in [-0.1, -0.05) is 26.2 Å². The molecule has 1 saturated carbocycles. The van der Waals surface area contributed by atoms with Crippen LogP contribution in [-0.2, 0) is 4.74 Å². The average Bonchev–Trinajstić information content (AvgIpc) is 2.02. The first-order valence-corrected chi connectivity index (χ1v) is 6.05. The summed E-state index contributed by atoms with van der Waals surface area (Å²) in [6.45, 7) is 11.2. The minimum Gasteiger partial charge on any atom is -0.372 e. The van der Waals surface area contributed by atoms with Crippen LogP contribution in [-0.4, -0.2) is 11.7 Å². The van der Waals surface area contributed by atoms with Gasteiger partial charge in [0.05, 0.1) is 11.7 Å². The van der Waals surface area contributed by atoms with Gasteiger partial charge in [-0.05, 0) is 46.0 Å². The number of hydrogen-bond donors (Lipinski definition) is 0. The van der Waals surface area contributed by atoms with E-state index in [0.717, 1.165) is 0 Å². The second-order valence-corrected chi connectivity index (χ2v) is 5.80. The van der Waals surface area contributed by atoms with Crippen LogP contribution in [0.15, 0.2) is 0 Å². The lowest BCUT2D eigenvalue weighted by molar-refractivity contribution is -0.142. The summed E-state index contributed by atoms with van der Waals surface area (Å²) in [5.41, 5.74) is 0.414. The van der Waals surface area contributed by atoms with Gasteiger partial charge in [-0.25, -0.2) is 0 Å². The van der Waals surface area contributed by atoms with Gasteiger partial charge in [-0.2, -0.15) is 0 Å². The molecule has 0 spiro atoms. The van der Waals surface area contributed by atoms with E-state index in [9.17, 15) is 0 Å². The van der Waals surface area contributed by atoms with Crippen LogP contribution < -0.4 is 0 Å².